The first-order valence-corrected chi connectivity index (χ1v) is 10.7. The average Bonchev–Trinajstić information content (AvgIpc) is 2.72. The number of anilines is 1. The van der Waals surface area contributed by atoms with Crippen LogP contribution in [0.3, 0.4) is 0 Å². The van der Waals surface area contributed by atoms with Gasteiger partial charge in [-0.25, -0.2) is 9.18 Å². The molecule has 0 bridgehead atoms. The Bertz CT molecular complexity index is 921. The van der Waals surface area contributed by atoms with E-state index >= 15 is 0 Å². The predicted octanol–water partition coefficient (Wildman–Crippen LogP) is 5.56. The monoisotopic (exact) mass is 412 g/mol. The zero-order chi connectivity index (χ0) is 21.0. The van der Waals surface area contributed by atoms with E-state index in [0.717, 1.165) is 23.4 Å². The molecule has 2 aromatic carbocycles. The van der Waals surface area contributed by atoms with Gasteiger partial charge in [-0.3, -0.25) is 0 Å². The smallest absolute Gasteiger partial charge is 0.338 e. The van der Waals surface area contributed by atoms with Gasteiger partial charge in [0.15, 0.2) is 0 Å². The fourth-order valence-corrected chi connectivity index (χ4v) is 4.62. The second-order valence-corrected chi connectivity index (χ2v) is 9.34. The Morgan fingerprint density at radius 1 is 1.31 bits per heavy atom. The lowest BCUT2D eigenvalue weighted by Gasteiger charge is -2.41. The van der Waals surface area contributed by atoms with E-state index in [1.54, 1.807) is 0 Å². The van der Waals surface area contributed by atoms with Crippen LogP contribution in [0.15, 0.2) is 42.5 Å². The highest BCUT2D eigenvalue weighted by Crippen LogP contribution is 2.45. The zero-order valence-electron chi connectivity index (χ0n) is 16.9. The van der Waals surface area contributed by atoms with Gasteiger partial charge in [0.25, 0.3) is 0 Å². The Kier molecular flexibility index (Phi) is 6.49. The minimum Gasteiger partial charge on any atom is -0.461 e. The van der Waals surface area contributed by atoms with Gasteiger partial charge >= 0.3 is 5.97 Å². The lowest BCUT2D eigenvalue weighted by molar-refractivity contribution is 0.0302. The first-order valence-electron chi connectivity index (χ1n) is 9.69. The first-order chi connectivity index (χ1) is 13.8. The molecule has 6 heteroatoms. The van der Waals surface area contributed by atoms with Gasteiger partial charge in [-0.15, -0.1) is 0 Å². The maximum absolute atomic E-state index is 13.1. The molecule has 2 atom stereocenters. The lowest BCUT2D eigenvalue weighted by Crippen LogP contribution is -2.43. The van der Waals surface area contributed by atoms with Crippen LogP contribution in [0.1, 0.15) is 53.9 Å². The maximum atomic E-state index is 13.1. The number of carbonyl (C=O) groups excluding carboxylic acids is 1. The topological polar surface area (TPSA) is 62.1 Å². The normalized spacial score (nSPS) is 18.3. The SMILES string of the molecule is CCSC1CC(C(C)(C)COC(=O)c2ccc(F)cc2)Nc2ccc(C#N)cc21. The molecule has 0 aromatic heterocycles. The average molecular weight is 413 g/mol. The molecule has 1 heterocycles. The number of esters is 1. The summed E-state index contributed by atoms with van der Waals surface area (Å²) >= 11 is 1.86. The third kappa shape index (κ3) is 4.91. The Morgan fingerprint density at radius 3 is 2.69 bits per heavy atom. The molecule has 1 aliphatic rings. The van der Waals surface area contributed by atoms with Crippen molar-refractivity contribution in [3.05, 3.63) is 65.0 Å². The molecule has 1 N–H and O–H groups in total. The Morgan fingerprint density at radius 2 is 2.03 bits per heavy atom. The summed E-state index contributed by atoms with van der Waals surface area (Å²) in [4.78, 5) is 12.3. The zero-order valence-corrected chi connectivity index (χ0v) is 17.7. The molecule has 0 amide bonds. The Balaban J connectivity index is 1.73. The standard InChI is InChI=1S/C23H25FN2O2S/c1-4-29-20-12-21(26-19-10-5-15(13-25)11-18(19)20)23(2,3)14-28-22(27)16-6-8-17(24)9-7-16/h5-11,20-21,26H,4,12,14H2,1-3H3. The Labute approximate surface area is 175 Å². The van der Waals surface area contributed by atoms with Crippen LogP contribution in [0.4, 0.5) is 10.1 Å². The number of nitrogens with one attached hydrogen (secondary N) is 1. The molecule has 0 saturated carbocycles. The Hall–Kier alpha value is -2.52. The molecule has 152 valence electrons. The molecule has 3 rings (SSSR count). The summed E-state index contributed by atoms with van der Waals surface area (Å²) in [6, 6.07) is 13.4. The molecule has 1 aliphatic heterocycles. The predicted molar refractivity (Wildman–Crippen MR) is 115 cm³/mol. The van der Waals surface area contributed by atoms with Crippen LogP contribution in [0.5, 0.6) is 0 Å². The minimum atomic E-state index is -0.451. The molecule has 0 aliphatic carbocycles. The van der Waals surface area contributed by atoms with Crippen molar-refractivity contribution >= 4 is 23.4 Å². The lowest BCUT2D eigenvalue weighted by atomic mass is 9.79. The second kappa shape index (κ2) is 8.87. The van der Waals surface area contributed by atoms with Gasteiger partial charge in [0, 0.05) is 22.4 Å². The molecular formula is C23H25FN2O2S. The second-order valence-electron chi connectivity index (χ2n) is 7.86. The van der Waals surface area contributed by atoms with Crippen LogP contribution in [-0.4, -0.2) is 24.4 Å². The number of hydrogen-bond donors (Lipinski definition) is 1. The first kappa shape index (κ1) is 21.2. The number of nitriles is 1. The van der Waals surface area contributed by atoms with Crippen LogP contribution < -0.4 is 5.32 Å². The maximum Gasteiger partial charge on any atom is 0.338 e. The molecule has 0 saturated heterocycles. The van der Waals surface area contributed by atoms with Gasteiger partial charge < -0.3 is 10.1 Å². The van der Waals surface area contributed by atoms with E-state index in [4.69, 9.17) is 4.74 Å². The van der Waals surface area contributed by atoms with Crippen molar-refractivity contribution in [1.29, 1.82) is 5.26 Å². The summed E-state index contributed by atoms with van der Waals surface area (Å²) in [6.45, 7) is 6.52. The van der Waals surface area contributed by atoms with Gasteiger partial charge in [0.1, 0.15) is 5.82 Å². The molecule has 4 nitrogen and oxygen atoms in total. The molecule has 0 radical (unpaired) electrons. The van der Waals surface area contributed by atoms with E-state index < -0.39 is 5.97 Å². The third-order valence-corrected chi connectivity index (χ3v) is 6.46. The molecule has 0 spiro atoms. The summed E-state index contributed by atoms with van der Waals surface area (Å²) in [5.74, 6) is 0.145. The molecule has 2 unspecified atom stereocenters. The van der Waals surface area contributed by atoms with Gasteiger partial charge in [0.2, 0.25) is 0 Å². The van der Waals surface area contributed by atoms with E-state index in [1.807, 2.05) is 30.0 Å². The van der Waals surface area contributed by atoms with Crippen molar-refractivity contribution in [2.75, 3.05) is 17.7 Å². The summed E-state index contributed by atoms with van der Waals surface area (Å²) < 4.78 is 18.6. The van der Waals surface area contributed by atoms with Crippen LogP contribution >= 0.6 is 11.8 Å². The largest absolute Gasteiger partial charge is 0.461 e. The number of rotatable bonds is 6. The number of ether oxygens (including phenoxy) is 1. The van der Waals surface area contributed by atoms with Crippen molar-refractivity contribution in [2.24, 2.45) is 5.41 Å². The van der Waals surface area contributed by atoms with E-state index in [-0.39, 0.29) is 29.1 Å². The van der Waals surface area contributed by atoms with Crippen LogP contribution in [0.25, 0.3) is 0 Å². The van der Waals surface area contributed by atoms with Gasteiger partial charge in [-0.2, -0.15) is 17.0 Å². The van der Waals surface area contributed by atoms with Crippen LogP contribution in [0, 0.1) is 22.6 Å². The summed E-state index contributed by atoms with van der Waals surface area (Å²) in [5.41, 5.74) is 2.88. The van der Waals surface area contributed by atoms with Gasteiger partial charge in [0.05, 0.1) is 23.8 Å². The fourth-order valence-electron chi connectivity index (χ4n) is 3.51. The number of benzene rings is 2. The highest BCUT2D eigenvalue weighted by Gasteiger charge is 2.37. The van der Waals surface area contributed by atoms with Crippen molar-refractivity contribution in [3.8, 4) is 6.07 Å². The number of hydrogen-bond acceptors (Lipinski definition) is 5. The van der Waals surface area contributed by atoms with Crippen molar-refractivity contribution in [2.45, 2.75) is 38.5 Å². The van der Waals surface area contributed by atoms with Crippen LogP contribution in [-0.2, 0) is 4.74 Å². The number of nitrogens with zero attached hydrogens (tertiary/aromatic N) is 1. The van der Waals surface area contributed by atoms with Crippen molar-refractivity contribution < 1.29 is 13.9 Å². The van der Waals surface area contributed by atoms with Gasteiger partial charge in [-0.1, -0.05) is 20.8 Å². The number of halogens is 1. The highest BCUT2D eigenvalue weighted by molar-refractivity contribution is 7.99. The van der Waals surface area contributed by atoms with Crippen LogP contribution in [0.2, 0.25) is 0 Å². The van der Waals surface area contributed by atoms with Crippen molar-refractivity contribution in [1.82, 2.24) is 0 Å². The van der Waals surface area contributed by atoms with E-state index in [9.17, 15) is 14.4 Å². The van der Waals surface area contributed by atoms with E-state index in [2.05, 4.69) is 32.2 Å². The summed E-state index contributed by atoms with van der Waals surface area (Å²) in [5, 5.41) is 13.1. The van der Waals surface area contributed by atoms with E-state index in [0.29, 0.717) is 11.1 Å². The third-order valence-electron chi connectivity index (χ3n) is 5.27. The summed E-state index contributed by atoms with van der Waals surface area (Å²) in [6.07, 6.45) is 0.876. The van der Waals surface area contributed by atoms with E-state index in [1.165, 1.54) is 24.3 Å². The molecule has 2 aromatic rings. The highest BCUT2D eigenvalue weighted by atomic mass is 32.2. The minimum absolute atomic E-state index is 0.105. The fraction of sp³-hybridized carbons (Fsp3) is 0.391. The van der Waals surface area contributed by atoms with Gasteiger partial charge in [-0.05, 0) is 60.2 Å². The quantitative estimate of drug-likeness (QED) is 0.630. The summed E-state index contributed by atoms with van der Waals surface area (Å²) in [7, 11) is 0. The number of thioether (sulfide) groups is 1. The number of fused-ring (bicyclic) bond motifs is 1. The molecular weight excluding hydrogens is 387 g/mol. The number of carbonyl (C=O) groups is 1. The van der Waals surface area contributed by atoms with Crippen molar-refractivity contribution in [3.63, 3.8) is 0 Å². The molecule has 29 heavy (non-hydrogen) atoms. The molecule has 0 fully saturated rings.